The number of hydrogen-bond donors (Lipinski definition) is 0. The number of esters is 1. The van der Waals surface area contributed by atoms with Crippen molar-refractivity contribution in [3.05, 3.63) is 46.9 Å². The maximum atomic E-state index is 13.4. The number of aromatic nitrogens is 3. The maximum Gasteiger partial charge on any atom is 0.317 e. The first-order valence-electron chi connectivity index (χ1n) is 10.3. The smallest absolute Gasteiger partial charge is 0.317 e. The van der Waals surface area contributed by atoms with Gasteiger partial charge in [-0.15, -0.1) is 0 Å². The standard InChI is InChI=1S/C23H26ClN3O4/c1-5-30-11-10-16(23(29)31-6-2)22(28)20-12-17(18-13-25-27(4)14(18)3)15-8-7-9-19(24)21(15)26-20/h7-9,12-13,16H,5-6,10-11H2,1-4H3. The molecule has 7 nitrogen and oxygen atoms in total. The minimum Gasteiger partial charge on any atom is -0.465 e. The molecule has 1 aromatic carbocycles. The van der Waals surface area contributed by atoms with Crippen LogP contribution in [0.2, 0.25) is 5.02 Å². The van der Waals surface area contributed by atoms with E-state index in [1.807, 2.05) is 33.0 Å². The highest BCUT2D eigenvalue weighted by Gasteiger charge is 2.31. The van der Waals surface area contributed by atoms with Crippen molar-refractivity contribution in [3.63, 3.8) is 0 Å². The Kier molecular flexibility index (Phi) is 7.41. The SMILES string of the molecule is CCOCCC(C(=O)OCC)C(=O)c1cc(-c2cnn(C)c2C)c2cccc(Cl)c2n1. The van der Waals surface area contributed by atoms with Crippen LogP contribution in [-0.2, 0) is 21.3 Å². The Labute approximate surface area is 186 Å². The van der Waals surface area contributed by atoms with E-state index in [0.717, 1.165) is 22.2 Å². The number of rotatable bonds is 9. The van der Waals surface area contributed by atoms with Crippen LogP contribution in [0.5, 0.6) is 0 Å². The third-order valence-electron chi connectivity index (χ3n) is 5.21. The molecule has 8 heteroatoms. The average molecular weight is 444 g/mol. The summed E-state index contributed by atoms with van der Waals surface area (Å²) in [5.41, 5.74) is 3.25. The molecule has 3 aromatic rings. The van der Waals surface area contributed by atoms with Gasteiger partial charge in [-0.2, -0.15) is 5.10 Å². The van der Waals surface area contributed by atoms with Crippen molar-refractivity contribution in [2.45, 2.75) is 27.2 Å². The summed E-state index contributed by atoms with van der Waals surface area (Å²) < 4.78 is 12.3. The van der Waals surface area contributed by atoms with Crippen molar-refractivity contribution in [1.29, 1.82) is 0 Å². The summed E-state index contributed by atoms with van der Waals surface area (Å²) in [4.78, 5) is 30.5. The zero-order chi connectivity index (χ0) is 22.5. The first kappa shape index (κ1) is 22.9. The average Bonchev–Trinajstić information content (AvgIpc) is 3.09. The second kappa shape index (κ2) is 10.0. The molecule has 0 amide bonds. The van der Waals surface area contributed by atoms with Crippen molar-refractivity contribution >= 4 is 34.3 Å². The monoisotopic (exact) mass is 443 g/mol. The zero-order valence-electron chi connectivity index (χ0n) is 18.1. The first-order chi connectivity index (χ1) is 14.9. The molecular formula is C23H26ClN3O4. The molecule has 0 spiro atoms. The van der Waals surface area contributed by atoms with Gasteiger partial charge >= 0.3 is 5.97 Å². The minimum atomic E-state index is -0.998. The Morgan fingerprint density at radius 3 is 2.61 bits per heavy atom. The fraction of sp³-hybridized carbons (Fsp3) is 0.391. The summed E-state index contributed by atoms with van der Waals surface area (Å²) in [7, 11) is 1.85. The number of Topliss-reactive ketones (excluding diaryl/α,β-unsaturated/α-hetero) is 1. The van der Waals surface area contributed by atoms with Crippen LogP contribution in [0, 0.1) is 12.8 Å². The third-order valence-corrected chi connectivity index (χ3v) is 5.52. The predicted octanol–water partition coefficient (Wildman–Crippen LogP) is 4.39. The quantitative estimate of drug-likeness (QED) is 0.211. The highest BCUT2D eigenvalue weighted by molar-refractivity contribution is 6.35. The number of carbonyl (C=O) groups is 2. The van der Waals surface area contributed by atoms with Crippen LogP contribution in [0.4, 0.5) is 0 Å². The van der Waals surface area contributed by atoms with Gasteiger partial charge in [0, 0.05) is 36.9 Å². The van der Waals surface area contributed by atoms with Crippen LogP contribution < -0.4 is 0 Å². The first-order valence-corrected chi connectivity index (χ1v) is 10.6. The van der Waals surface area contributed by atoms with Gasteiger partial charge in [-0.05, 0) is 44.9 Å². The van der Waals surface area contributed by atoms with Gasteiger partial charge in [-0.3, -0.25) is 14.3 Å². The van der Waals surface area contributed by atoms with E-state index in [0.29, 0.717) is 17.1 Å². The molecule has 2 heterocycles. The van der Waals surface area contributed by atoms with Crippen molar-refractivity contribution in [1.82, 2.24) is 14.8 Å². The maximum absolute atomic E-state index is 13.4. The number of aryl methyl sites for hydroxylation is 1. The molecule has 0 fully saturated rings. The van der Waals surface area contributed by atoms with E-state index in [9.17, 15) is 9.59 Å². The molecule has 1 atom stereocenters. The lowest BCUT2D eigenvalue weighted by Crippen LogP contribution is -2.28. The number of benzene rings is 1. The zero-order valence-corrected chi connectivity index (χ0v) is 18.9. The van der Waals surface area contributed by atoms with Crippen molar-refractivity contribution < 1.29 is 19.1 Å². The number of ether oxygens (including phenoxy) is 2. The molecule has 0 aliphatic heterocycles. The molecule has 164 valence electrons. The van der Waals surface area contributed by atoms with Crippen molar-refractivity contribution in [2.24, 2.45) is 13.0 Å². The number of nitrogens with zero attached hydrogens (tertiary/aromatic N) is 3. The molecule has 3 rings (SSSR count). The molecule has 0 N–H and O–H groups in total. The number of pyridine rings is 1. The van der Waals surface area contributed by atoms with Gasteiger partial charge in [0.15, 0.2) is 5.78 Å². The molecule has 2 aromatic heterocycles. The molecule has 31 heavy (non-hydrogen) atoms. The van der Waals surface area contributed by atoms with Crippen LogP contribution in [0.3, 0.4) is 0 Å². The molecule has 0 aliphatic rings. The van der Waals surface area contributed by atoms with E-state index >= 15 is 0 Å². The third kappa shape index (κ3) is 4.78. The Bertz CT molecular complexity index is 1110. The Hall–Kier alpha value is -2.77. The summed E-state index contributed by atoms with van der Waals surface area (Å²) in [6, 6.07) is 7.18. The lowest BCUT2D eigenvalue weighted by atomic mass is 9.94. The summed E-state index contributed by atoms with van der Waals surface area (Å²) in [5.74, 6) is -1.99. The molecule has 0 saturated carbocycles. The van der Waals surface area contributed by atoms with Gasteiger partial charge in [0.05, 0.1) is 23.3 Å². The number of fused-ring (bicyclic) bond motifs is 1. The van der Waals surface area contributed by atoms with E-state index in [4.69, 9.17) is 21.1 Å². The molecule has 1 unspecified atom stereocenters. The summed E-state index contributed by atoms with van der Waals surface area (Å²) >= 11 is 6.43. The van der Waals surface area contributed by atoms with E-state index in [-0.39, 0.29) is 25.3 Å². The van der Waals surface area contributed by atoms with Gasteiger partial charge in [0.2, 0.25) is 0 Å². The van der Waals surface area contributed by atoms with E-state index in [2.05, 4.69) is 10.1 Å². The molecular weight excluding hydrogens is 418 g/mol. The van der Waals surface area contributed by atoms with E-state index in [1.165, 1.54) is 0 Å². The predicted molar refractivity (Wildman–Crippen MR) is 119 cm³/mol. The largest absolute Gasteiger partial charge is 0.465 e. The van der Waals surface area contributed by atoms with Crippen LogP contribution in [-0.4, -0.2) is 46.3 Å². The number of ketones is 1. The van der Waals surface area contributed by atoms with Crippen LogP contribution in [0.25, 0.3) is 22.0 Å². The highest BCUT2D eigenvalue weighted by atomic mass is 35.5. The normalized spacial score (nSPS) is 12.2. The number of hydrogen-bond acceptors (Lipinski definition) is 6. The lowest BCUT2D eigenvalue weighted by molar-refractivity contribution is -0.146. The van der Waals surface area contributed by atoms with Crippen LogP contribution >= 0.6 is 11.6 Å². The Morgan fingerprint density at radius 2 is 1.97 bits per heavy atom. The van der Waals surface area contributed by atoms with Gasteiger partial charge in [0.25, 0.3) is 0 Å². The molecule has 0 radical (unpaired) electrons. The van der Waals surface area contributed by atoms with Crippen LogP contribution in [0.1, 0.15) is 36.5 Å². The number of carbonyl (C=O) groups excluding carboxylic acids is 2. The molecule has 0 aliphatic carbocycles. The number of halogens is 1. The minimum absolute atomic E-state index is 0.161. The highest BCUT2D eigenvalue weighted by Crippen LogP contribution is 2.34. The topological polar surface area (TPSA) is 83.3 Å². The molecule has 0 bridgehead atoms. The van der Waals surface area contributed by atoms with Gasteiger partial charge in [-0.25, -0.2) is 4.98 Å². The summed E-state index contributed by atoms with van der Waals surface area (Å²) in [6.45, 7) is 6.47. The fourth-order valence-corrected chi connectivity index (χ4v) is 3.67. The number of para-hydroxylation sites is 1. The summed E-state index contributed by atoms with van der Waals surface area (Å²) in [5, 5.41) is 5.56. The van der Waals surface area contributed by atoms with Gasteiger partial charge < -0.3 is 9.47 Å². The van der Waals surface area contributed by atoms with Crippen LogP contribution in [0.15, 0.2) is 30.5 Å². The Morgan fingerprint density at radius 1 is 1.19 bits per heavy atom. The van der Waals surface area contributed by atoms with Crippen molar-refractivity contribution in [3.8, 4) is 11.1 Å². The van der Waals surface area contributed by atoms with E-state index < -0.39 is 17.7 Å². The van der Waals surface area contributed by atoms with Crippen molar-refractivity contribution in [2.75, 3.05) is 19.8 Å². The second-order valence-electron chi connectivity index (χ2n) is 7.11. The Balaban J connectivity index is 2.14. The second-order valence-corrected chi connectivity index (χ2v) is 7.52. The molecule has 0 saturated heterocycles. The fourth-order valence-electron chi connectivity index (χ4n) is 3.45. The lowest BCUT2D eigenvalue weighted by Gasteiger charge is -2.16. The van der Waals surface area contributed by atoms with Gasteiger partial charge in [0.1, 0.15) is 11.6 Å². The summed E-state index contributed by atoms with van der Waals surface area (Å²) in [6.07, 6.45) is 1.96. The van der Waals surface area contributed by atoms with E-state index in [1.54, 1.807) is 29.9 Å². The van der Waals surface area contributed by atoms with Gasteiger partial charge in [-0.1, -0.05) is 23.7 Å².